The van der Waals surface area contributed by atoms with E-state index >= 15 is 0 Å². The third-order valence-corrected chi connectivity index (χ3v) is 5.16. The molecule has 21 heavy (non-hydrogen) atoms. The van der Waals surface area contributed by atoms with E-state index in [2.05, 4.69) is 21.2 Å². The van der Waals surface area contributed by atoms with Gasteiger partial charge in [0.05, 0.1) is 5.02 Å². The number of carbonyl (C=O) groups is 1. The lowest BCUT2D eigenvalue weighted by atomic mass is 9.87. The van der Waals surface area contributed by atoms with Crippen LogP contribution < -0.4 is 5.32 Å². The van der Waals surface area contributed by atoms with Crippen molar-refractivity contribution in [3.63, 3.8) is 0 Å². The highest BCUT2D eigenvalue weighted by atomic mass is 79.9. The topological polar surface area (TPSA) is 49.3 Å². The molecular formula is C15H10BrClFNO2. The van der Waals surface area contributed by atoms with Gasteiger partial charge in [0.25, 0.3) is 0 Å². The Morgan fingerprint density at radius 3 is 2.67 bits per heavy atom. The zero-order chi connectivity index (χ0) is 15.2. The summed E-state index contributed by atoms with van der Waals surface area (Å²) in [6, 6.07) is 10.1. The summed E-state index contributed by atoms with van der Waals surface area (Å²) >= 11 is 9.13. The number of carboxylic acids is 1. The minimum absolute atomic E-state index is 0.0372. The lowest BCUT2D eigenvalue weighted by Gasteiger charge is -2.25. The molecule has 0 saturated carbocycles. The number of anilines is 1. The second-order valence-corrected chi connectivity index (χ2v) is 6.06. The largest absolute Gasteiger partial charge is 0.479 e. The standard InChI is InChI=1S/C15H10BrClFNO2/c16-12-9-7-15(14(20)21,8-4-2-1-3-5-8)19-11(9)6-10(18)13(12)17/h1-6,19H,7H2,(H,20,21)/t15-/m1/s1. The molecule has 1 atom stereocenters. The fourth-order valence-corrected chi connectivity index (χ4v) is 3.32. The molecule has 0 radical (unpaired) electrons. The highest BCUT2D eigenvalue weighted by Gasteiger charge is 2.46. The van der Waals surface area contributed by atoms with E-state index in [-0.39, 0.29) is 11.4 Å². The summed E-state index contributed by atoms with van der Waals surface area (Å²) in [5.74, 6) is -1.61. The zero-order valence-corrected chi connectivity index (χ0v) is 13.0. The summed E-state index contributed by atoms with van der Waals surface area (Å²) in [5.41, 5.74) is 0.392. The molecule has 0 bridgehead atoms. The Kier molecular flexibility index (Phi) is 3.42. The first-order valence-corrected chi connectivity index (χ1v) is 7.36. The normalized spacial score (nSPS) is 20.0. The summed E-state index contributed by atoms with van der Waals surface area (Å²) in [6.45, 7) is 0. The Morgan fingerprint density at radius 1 is 1.38 bits per heavy atom. The van der Waals surface area contributed by atoms with Crippen molar-refractivity contribution in [3.05, 3.63) is 62.8 Å². The summed E-state index contributed by atoms with van der Waals surface area (Å²) in [4.78, 5) is 11.9. The van der Waals surface area contributed by atoms with Crippen LogP contribution in [0.2, 0.25) is 5.02 Å². The van der Waals surface area contributed by atoms with Gasteiger partial charge in [-0.3, -0.25) is 0 Å². The third-order valence-electron chi connectivity index (χ3n) is 3.69. The smallest absolute Gasteiger partial charge is 0.334 e. The quantitative estimate of drug-likeness (QED) is 0.779. The van der Waals surface area contributed by atoms with Crippen LogP contribution in [0.5, 0.6) is 0 Å². The number of benzene rings is 2. The van der Waals surface area contributed by atoms with Crippen LogP contribution in [0, 0.1) is 5.82 Å². The van der Waals surface area contributed by atoms with Crippen LogP contribution in [0.4, 0.5) is 10.1 Å². The van der Waals surface area contributed by atoms with Gasteiger partial charge in [-0.2, -0.15) is 0 Å². The summed E-state index contributed by atoms with van der Waals surface area (Å²) < 4.78 is 14.1. The molecule has 0 aromatic heterocycles. The molecule has 0 spiro atoms. The van der Waals surface area contributed by atoms with Crippen LogP contribution in [0.3, 0.4) is 0 Å². The number of halogens is 3. The zero-order valence-electron chi connectivity index (χ0n) is 10.7. The van der Waals surface area contributed by atoms with E-state index in [0.29, 0.717) is 21.3 Å². The van der Waals surface area contributed by atoms with E-state index in [4.69, 9.17) is 11.6 Å². The summed E-state index contributed by atoms with van der Waals surface area (Å²) in [6.07, 6.45) is 0.183. The van der Waals surface area contributed by atoms with Crippen LogP contribution in [0.25, 0.3) is 0 Å². The van der Waals surface area contributed by atoms with Crippen LogP contribution in [-0.4, -0.2) is 11.1 Å². The number of hydrogen-bond acceptors (Lipinski definition) is 2. The molecule has 6 heteroatoms. The van der Waals surface area contributed by atoms with Crippen molar-refractivity contribution in [1.29, 1.82) is 0 Å². The monoisotopic (exact) mass is 369 g/mol. The van der Waals surface area contributed by atoms with E-state index in [1.807, 2.05) is 6.07 Å². The SMILES string of the molecule is O=C(O)[C@]1(c2ccccc2)Cc2c(cc(F)c(Cl)c2Br)N1. The first kappa shape index (κ1) is 14.4. The molecule has 1 heterocycles. The van der Waals surface area contributed by atoms with Crippen LogP contribution in [0.1, 0.15) is 11.1 Å². The van der Waals surface area contributed by atoms with Gasteiger partial charge >= 0.3 is 5.97 Å². The van der Waals surface area contributed by atoms with E-state index in [9.17, 15) is 14.3 Å². The lowest BCUT2D eigenvalue weighted by Crippen LogP contribution is -2.41. The Bertz CT molecular complexity index is 738. The second kappa shape index (κ2) is 5.00. The molecule has 3 nitrogen and oxygen atoms in total. The van der Waals surface area contributed by atoms with Gasteiger partial charge in [0.2, 0.25) is 0 Å². The Hall–Kier alpha value is -1.59. The molecule has 0 aliphatic carbocycles. The Balaban J connectivity index is 2.17. The molecule has 1 aliphatic heterocycles. The molecule has 2 aromatic carbocycles. The van der Waals surface area contributed by atoms with E-state index < -0.39 is 17.3 Å². The predicted molar refractivity (Wildman–Crippen MR) is 82.2 cm³/mol. The van der Waals surface area contributed by atoms with Crippen molar-refractivity contribution in [3.8, 4) is 0 Å². The third kappa shape index (κ3) is 2.12. The molecule has 2 aromatic rings. The van der Waals surface area contributed by atoms with Gasteiger partial charge in [-0.1, -0.05) is 41.9 Å². The number of nitrogens with one attached hydrogen (secondary N) is 1. The maximum Gasteiger partial charge on any atom is 0.334 e. The fraction of sp³-hybridized carbons (Fsp3) is 0.133. The van der Waals surface area contributed by atoms with E-state index in [1.165, 1.54) is 6.07 Å². The number of rotatable bonds is 2. The molecular weight excluding hydrogens is 361 g/mol. The van der Waals surface area contributed by atoms with Crippen LogP contribution in [0.15, 0.2) is 40.9 Å². The van der Waals surface area contributed by atoms with Crippen LogP contribution in [-0.2, 0) is 16.8 Å². The number of aliphatic carboxylic acids is 1. The van der Waals surface area contributed by atoms with Crippen molar-refractivity contribution in [2.45, 2.75) is 12.0 Å². The molecule has 0 unspecified atom stereocenters. The van der Waals surface area contributed by atoms with Crippen molar-refractivity contribution in [1.82, 2.24) is 0 Å². The molecule has 0 saturated heterocycles. The molecule has 3 rings (SSSR count). The van der Waals surface area contributed by atoms with Gasteiger partial charge < -0.3 is 10.4 Å². The molecule has 2 N–H and O–H groups in total. The van der Waals surface area contributed by atoms with Crippen molar-refractivity contribution >= 4 is 39.2 Å². The molecule has 0 fully saturated rings. The molecule has 0 amide bonds. The lowest BCUT2D eigenvalue weighted by molar-refractivity contribution is -0.142. The second-order valence-electron chi connectivity index (χ2n) is 4.89. The number of hydrogen-bond donors (Lipinski definition) is 2. The average molecular weight is 371 g/mol. The van der Waals surface area contributed by atoms with Gasteiger partial charge in [0.1, 0.15) is 5.82 Å². The highest BCUT2D eigenvalue weighted by Crippen LogP contribution is 2.45. The van der Waals surface area contributed by atoms with E-state index in [0.717, 1.165) is 0 Å². The van der Waals surface area contributed by atoms with Crippen LogP contribution >= 0.6 is 27.5 Å². The average Bonchev–Trinajstić information content (AvgIpc) is 2.87. The van der Waals surface area contributed by atoms with E-state index in [1.54, 1.807) is 24.3 Å². The van der Waals surface area contributed by atoms with Gasteiger partial charge in [-0.15, -0.1) is 0 Å². The molecule has 1 aliphatic rings. The summed E-state index contributed by atoms with van der Waals surface area (Å²) in [5, 5.41) is 12.6. The first-order valence-electron chi connectivity index (χ1n) is 6.19. The summed E-state index contributed by atoms with van der Waals surface area (Å²) in [7, 11) is 0. The van der Waals surface area contributed by atoms with Gasteiger partial charge in [-0.05, 0) is 33.1 Å². The minimum Gasteiger partial charge on any atom is -0.479 e. The predicted octanol–water partition coefficient (Wildman–Crippen LogP) is 4.19. The highest BCUT2D eigenvalue weighted by molar-refractivity contribution is 9.10. The van der Waals surface area contributed by atoms with Crippen molar-refractivity contribution < 1.29 is 14.3 Å². The van der Waals surface area contributed by atoms with Crippen molar-refractivity contribution in [2.75, 3.05) is 5.32 Å². The maximum atomic E-state index is 13.7. The van der Waals surface area contributed by atoms with Crippen molar-refractivity contribution in [2.24, 2.45) is 0 Å². The Labute approximate surface area is 133 Å². The number of fused-ring (bicyclic) bond motifs is 1. The maximum absolute atomic E-state index is 13.7. The van der Waals surface area contributed by atoms with Gasteiger partial charge in [0, 0.05) is 16.6 Å². The van der Waals surface area contributed by atoms with Gasteiger partial charge in [0.15, 0.2) is 5.54 Å². The molecule has 108 valence electrons. The number of carboxylic acid groups (broad SMARTS) is 1. The first-order chi connectivity index (χ1) is 9.95. The fourth-order valence-electron chi connectivity index (χ4n) is 2.61. The van der Waals surface area contributed by atoms with Gasteiger partial charge in [-0.25, -0.2) is 9.18 Å². The Morgan fingerprint density at radius 2 is 2.05 bits per heavy atom. The minimum atomic E-state index is -1.32.